The number of hydrogen-bond donors (Lipinski definition) is 2. The second-order valence-electron chi connectivity index (χ2n) is 8.88. The molecule has 2 aromatic heterocycles. The van der Waals surface area contributed by atoms with E-state index in [1.54, 1.807) is 20.0 Å². The van der Waals surface area contributed by atoms with Gasteiger partial charge in [-0.1, -0.05) is 0 Å². The molecule has 1 aliphatic rings. The third kappa shape index (κ3) is 5.46. The summed E-state index contributed by atoms with van der Waals surface area (Å²) in [7, 11) is 0. The number of nitrogens with two attached hydrogens (primary N) is 1. The van der Waals surface area contributed by atoms with Gasteiger partial charge in [-0.2, -0.15) is 18.3 Å². The van der Waals surface area contributed by atoms with Crippen LogP contribution < -0.4 is 11.1 Å². The number of amides is 1. The van der Waals surface area contributed by atoms with Crippen LogP contribution in [0.4, 0.5) is 33.5 Å². The normalized spacial score (nSPS) is 17.3. The highest BCUT2D eigenvalue weighted by molar-refractivity contribution is 5.94. The van der Waals surface area contributed by atoms with Gasteiger partial charge in [-0.3, -0.25) is 4.79 Å². The average molecular weight is 496 g/mol. The van der Waals surface area contributed by atoms with E-state index in [4.69, 9.17) is 5.73 Å². The van der Waals surface area contributed by atoms with Gasteiger partial charge in [0.2, 0.25) is 0 Å². The highest BCUT2D eigenvalue weighted by Crippen LogP contribution is 2.34. The Morgan fingerprint density at radius 3 is 2.66 bits per heavy atom. The highest BCUT2D eigenvalue weighted by atomic mass is 19.4. The van der Waals surface area contributed by atoms with Gasteiger partial charge in [-0.25, -0.2) is 18.3 Å². The topological polar surface area (TPSA) is 88.6 Å². The number of carbonyl (C=O) groups is 1. The number of aromatic nitrogens is 3. The summed E-state index contributed by atoms with van der Waals surface area (Å²) in [5, 5.41) is 7.32. The fraction of sp³-hybridized carbons (Fsp3) is 0.435. The van der Waals surface area contributed by atoms with Crippen molar-refractivity contribution in [3.63, 3.8) is 0 Å². The van der Waals surface area contributed by atoms with E-state index in [0.717, 1.165) is 17.0 Å². The van der Waals surface area contributed by atoms with Crippen LogP contribution in [0.1, 0.15) is 59.5 Å². The SMILES string of the molecule is Cc1cn2nc(C(=O)N3CCCCC(F)(F)C3)cc2c(N[C@H](C)c2cc(N)cc(C(F)(F)F)c2)n1. The first-order valence-electron chi connectivity index (χ1n) is 11.1. The van der Waals surface area contributed by atoms with Crippen molar-refractivity contribution in [1.82, 2.24) is 19.5 Å². The maximum atomic E-state index is 14.0. The fourth-order valence-corrected chi connectivity index (χ4v) is 4.16. The van der Waals surface area contributed by atoms with E-state index in [1.807, 2.05) is 0 Å². The maximum absolute atomic E-state index is 14.0. The summed E-state index contributed by atoms with van der Waals surface area (Å²) in [5.74, 6) is -3.29. The van der Waals surface area contributed by atoms with E-state index in [0.29, 0.717) is 29.6 Å². The lowest BCUT2D eigenvalue weighted by atomic mass is 10.0. The Hall–Kier alpha value is -3.44. The van der Waals surface area contributed by atoms with E-state index >= 15 is 0 Å². The Morgan fingerprint density at radius 2 is 1.94 bits per heavy atom. The van der Waals surface area contributed by atoms with Crippen molar-refractivity contribution in [3.8, 4) is 0 Å². The van der Waals surface area contributed by atoms with Crippen molar-refractivity contribution in [1.29, 1.82) is 0 Å². The summed E-state index contributed by atoms with van der Waals surface area (Å²) in [6.07, 6.45) is -2.45. The van der Waals surface area contributed by atoms with Gasteiger partial charge in [0.1, 0.15) is 5.52 Å². The minimum Gasteiger partial charge on any atom is -0.399 e. The number of nitrogens with zero attached hydrogens (tertiary/aromatic N) is 4. The highest BCUT2D eigenvalue weighted by Gasteiger charge is 2.36. The van der Waals surface area contributed by atoms with Gasteiger partial charge in [0.25, 0.3) is 11.8 Å². The van der Waals surface area contributed by atoms with Crippen molar-refractivity contribution in [3.05, 3.63) is 53.0 Å². The molecule has 0 unspecified atom stereocenters. The molecule has 1 amide bonds. The smallest absolute Gasteiger partial charge is 0.399 e. The van der Waals surface area contributed by atoms with Crippen molar-refractivity contribution in [2.45, 2.75) is 51.3 Å². The van der Waals surface area contributed by atoms with Crippen LogP contribution in [0.2, 0.25) is 0 Å². The number of hydrogen-bond acceptors (Lipinski definition) is 5. The molecule has 12 heteroatoms. The van der Waals surface area contributed by atoms with Crippen LogP contribution in [0.3, 0.4) is 0 Å². The first-order valence-corrected chi connectivity index (χ1v) is 11.1. The number of alkyl halides is 5. The molecule has 1 aliphatic heterocycles. The number of nitrogens with one attached hydrogen (secondary N) is 1. The summed E-state index contributed by atoms with van der Waals surface area (Å²) >= 11 is 0. The third-order valence-electron chi connectivity index (χ3n) is 5.88. The van der Waals surface area contributed by atoms with Gasteiger partial charge in [0, 0.05) is 24.7 Å². The van der Waals surface area contributed by atoms with Gasteiger partial charge < -0.3 is 16.0 Å². The molecule has 1 atom stereocenters. The number of benzene rings is 1. The first kappa shape index (κ1) is 24.7. The molecule has 188 valence electrons. The Labute approximate surface area is 198 Å². The van der Waals surface area contributed by atoms with Crippen LogP contribution in [0.5, 0.6) is 0 Å². The zero-order valence-electron chi connectivity index (χ0n) is 19.2. The van der Waals surface area contributed by atoms with Crippen molar-refractivity contribution in [2.24, 2.45) is 0 Å². The average Bonchev–Trinajstić information content (AvgIpc) is 3.09. The number of anilines is 2. The number of fused-ring (bicyclic) bond motifs is 1. The molecule has 4 rings (SSSR count). The van der Waals surface area contributed by atoms with Crippen molar-refractivity contribution in [2.75, 3.05) is 24.1 Å². The van der Waals surface area contributed by atoms with Gasteiger partial charge in [-0.15, -0.1) is 0 Å². The summed E-state index contributed by atoms with van der Waals surface area (Å²) in [6.45, 7) is 2.88. The summed E-state index contributed by atoms with van der Waals surface area (Å²) in [5.41, 5.74) is 5.97. The quantitative estimate of drug-likeness (QED) is 0.389. The number of rotatable bonds is 4. The van der Waals surface area contributed by atoms with Crippen LogP contribution >= 0.6 is 0 Å². The molecule has 1 aromatic carbocycles. The molecule has 35 heavy (non-hydrogen) atoms. The Morgan fingerprint density at radius 1 is 1.20 bits per heavy atom. The lowest BCUT2D eigenvalue weighted by molar-refractivity contribution is -0.137. The van der Waals surface area contributed by atoms with Gasteiger partial charge in [0.15, 0.2) is 11.5 Å². The minimum atomic E-state index is -4.55. The molecule has 0 radical (unpaired) electrons. The van der Waals surface area contributed by atoms with Crippen molar-refractivity contribution < 1.29 is 26.7 Å². The van der Waals surface area contributed by atoms with E-state index in [9.17, 15) is 26.7 Å². The standard InChI is InChI=1S/C23H25F5N6O/c1-13-11-34-19(10-18(32-34)21(35)33-6-4-3-5-22(24,25)12-33)20(30-13)31-14(2)15-7-16(23(26,27)28)9-17(29)8-15/h7-11,14H,3-6,12,29H2,1-2H3,(H,30,31)/t14-/m1/s1. The largest absolute Gasteiger partial charge is 0.416 e. The molecule has 7 nitrogen and oxygen atoms in total. The number of halogens is 5. The molecule has 3 aromatic rings. The van der Waals surface area contributed by atoms with Crippen LogP contribution in [0, 0.1) is 6.92 Å². The van der Waals surface area contributed by atoms with Crippen LogP contribution in [-0.2, 0) is 6.18 Å². The number of carbonyl (C=O) groups excluding carboxylic acids is 1. The van der Waals surface area contributed by atoms with Gasteiger partial charge in [0.05, 0.1) is 30.0 Å². The maximum Gasteiger partial charge on any atom is 0.416 e. The number of nitrogen functional groups attached to an aromatic ring is 1. The lowest BCUT2D eigenvalue weighted by Crippen LogP contribution is -2.39. The number of likely N-dealkylation sites (tertiary alicyclic amines) is 1. The summed E-state index contributed by atoms with van der Waals surface area (Å²) < 4.78 is 69.1. The van der Waals surface area contributed by atoms with Crippen LogP contribution in [0.15, 0.2) is 30.5 Å². The van der Waals surface area contributed by atoms with Crippen LogP contribution in [0.25, 0.3) is 5.52 Å². The first-order chi connectivity index (χ1) is 16.3. The molecule has 0 spiro atoms. The zero-order chi connectivity index (χ0) is 25.5. The monoisotopic (exact) mass is 496 g/mol. The van der Waals surface area contributed by atoms with Gasteiger partial charge >= 0.3 is 6.18 Å². The summed E-state index contributed by atoms with van der Waals surface area (Å²) in [6, 6.07) is 4.11. The van der Waals surface area contributed by atoms with E-state index in [2.05, 4.69) is 15.4 Å². The molecule has 0 bridgehead atoms. The third-order valence-corrected chi connectivity index (χ3v) is 5.88. The molecule has 0 aliphatic carbocycles. The Bertz CT molecular complexity index is 1260. The predicted octanol–water partition coefficient (Wildman–Crippen LogP) is 5.07. The molecule has 1 fully saturated rings. The second kappa shape index (κ2) is 8.97. The number of aryl methyl sites for hydroxylation is 1. The van der Waals surface area contributed by atoms with Crippen LogP contribution in [-0.4, -0.2) is 44.4 Å². The zero-order valence-corrected chi connectivity index (χ0v) is 19.2. The summed E-state index contributed by atoms with van der Waals surface area (Å²) in [4.78, 5) is 18.5. The molecule has 3 heterocycles. The molecule has 1 saturated heterocycles. The van der Waals surface area contributed by atoms with E-state index in [-0.39, 0.29) is 30.2 Å². The molecule has 0 saturated carbocycles. The van der Waals surface area contributed by atoms with E-state index < -0.39 is 36.2 Å². The Balaban J connectivity index is 1.64. The second-order valence-corrected chi connectivity index (χ2v) is 8.88. The molecular weight excluding hydrogens is 471 g/mol. The van der Waals surface area contributed by atoms with E-state index in [1.165, 1.54) is 16.6 Å². The lowest BCUT2D eigenvalue weighted by Gasteiger charge is -2.23. The van der Waals surface area contributed by atoms with Crippen molar-refractivity contribution >= 4 is 22.9 Å². The molecular formula is C23H25F5N6O. The fourth-order valence-electron chi connectivity index (χ4n) is 4.16. The molecule has 3 N–H and O–H groups in total. The Kier molecular flexibility index (Phi) is 6.32. The minimum absolute atomic E-state index is 0.0193. The van der Waals surface area contributed by atoms with Gasteiger partial charge in [-0.05, 0) is 50.5 Å². The predicted molar refractivity (Wildman–Crippen MR) is 120 cm³/mol.